The van der Waals surface area contributed by atoms with Crippen molar-refractivity contribution in [2.75, 3.05) is 31.1 Å². The highest BCUT2D eigenvalue weighted by atomic mass is 32.2. The van der Waals surface area contributed by atoms with E-state index >= 15 is 0 Å². The molecule has 1 saturated heterocycles. The van der Waals surface area contributed by atoms with E-state index in [0.717, 1.165) is 24.8 Å². The van der Waals surface area contributed by atoms with Gasteiger partial charge in [-0.1, -0.05) is 0 Å². The Labute approximate surface area is 88.4 Å². The van der Waals surface area contributed by atoms with E-state index in [4.69, 9.17) is 5.26 Å². The monoisotopic (exact) mass is 213 g/mol. The lowest BCUT2D eigenvalue weighted by atomic mass is 10.1. The predicted octanol–water partition coefficient (Wildman–Crippen LogP) is -0.0311. The predicted molar refractivity (Wildman–Crippen MR) is 56.9 cm³/mol. The molecule has 5 heteroatoms. The Hall–Kier alpha value is -0.730. The minimum absolute atomic E-state index is 0.0394. The lowest BCUT2D eigenvalue weighted by molar-refractivity contribution is -0.118. The maximum Gasteiger partial charge on any atom is 0.230 e. The molecule has 0 unspecified atom stereocenters. The van der Waals surface area contributed by atoms with E-state index in [1.165, 1.54) is 0 Å². The molecule has 0 aliphatic carbocycles. The summed E-state index contributed by atoms with van der Waals surface area (Å²) in [6.07, 6.45) is 0.392. The highest BCUT2D eigenvalue weighted by Gasteiger charge is 2.16. The van der Waals surface area contributed by atoms with Crippen LogP contribution in [0.4, 0.5) is 0 Å². The highest BCUT2D eigenvalue weighted by molar-refractivity contribution is 7.99. The molecule has 4 nitrogen and oxygen atoms in total. The van der Waals surface area contributed by atoms with Crippen LogP contribution in [0.25, 0.3) is 0 Å². The molecule has 2 N–H and O–H groups in total. The van der Waals surface area contributed by atoms with Crippen LogP contribution in [-0.2, 0) is 4.79 Å². The summed E-state index contributed by atoms with van der Waals surface area (Å²) in [4.78, 5) is 11.1. The molecule has 1 amide bonds. The number of carbonyl (C=O) groups excluding carboxylic acids is 1. The minimum atomic E-state index is 0.0394. The number of hydrogen-bond acceptors (Lipinski definition) is 4. The molecule has 1 fully saturated rings. The molecule has 14 heavy (non-hydrogen) atoms. The third-order valence-corrected chi connectivity index (χ3v) is 3.19. The summed E-state index contributed by atoms with van der Waals surface area (Å²) in [5.74, 6) is 2.35. The van der Waals surface area contributed by atoms with E-state index in [9.17, 15) is 4.79 Å². The van der Waals surface area contributed by atoms with Crippen LogP contribution in [0.15, 0.2) is 0 Å². The smallest absolute Gasteiger partial charge is 0.230 e. The summed E-state index contributed by atoms with van der Waals surface area (Å²) >= 11 is 1.67. The Morgan fingerprint density at radius 1 is 1.64 bits per heavy atom. The summed E-state index contributed by atoms with van der Waals surface area (Å²) in [7, 11) is 0. The molecule has 1 heterocycles. The topological polar surface area (TPSA) is 64.9 Å². The van der Waals surface area contributed by atoms with Gasteiger partial charge in [0.05, 0.1) is 18.2 Å². The summed E-state index contributed by atoms with van der Waals surface area (Å²) in [6.45, 7) is 2.65. The molecule has 0 aromatic heterocycles. The first-order valence-corrected chi connectivity index (χ1v) is 5.90. The molecule has 0 radical (unpaired) electrons. The van der Waals surface area contributed by atoms with Gasteiger partial charge in [-0.25, -0.2) is 0 Å². The zero-order valence-corrected chi connectivity index (χ0v) is 8.90. The quantitative estimate of drug-likeness (QED) is 0.608. The van der Waals surface area contributed by atoms with Crippen molar-refractivity contribution in [3.63, 3.8) is 0 Å². The minimum Gasteiger partial charge on any atom is -0.354 e. The van der Waals surface area contributed by atoms with Crippen LogP contribution in [0.2, 0.25) is 0 Å². The third kappa shape index (κ3) is 4.49. The van der Waals surface area contributed by atoms with Crippen LogP contribution in [-0.4, -0.2) is 37.0 Å². The fraction of sp³-hybridized carbons (Fsp3) is 0.778. The Morgan fingerprint density at radius 2 is 2.43 bits per heavy atom. The van der Waals surface area contributed by atoms with Crippen molar-refractivity contribution in [3.05, 3.63) is 0 Å². The first-order valence-electron chi connectivity index (χ1n) is 4.75. The molecule has 78 valence electrons. The van der Waals surface area contributed by atoms with Gasteiger partial charge in [0.25, 0.3) is 0 Å². The second-order valence-electron chi connectivity index (χ2n) is 3.30. The van der Waals surface area contributed by atoms with Gasteiger partial charge in [0.2, 0.25) is 5.91 Å². The zero-order chi connectivity index (χ0) is 10.2. The summed E-state index contributed by atoms with van der Waals surface area (Å²) < 4.78 is 0. The van der Waals surface area contributed by atoms with Crippen molar-refractivity contribution in [3.8, 4) is 6.07 Å². The van der Waals surface area contributed by atoms with E-state index in [1.54, 1.807) is 11.8 Å². The van der Waals surface area contributed by atoms with Crippen LogP contribution in [0.5, 0.6) is 0 Å². The van der Waals surface area contributed by atoms with Crippen LogP contribution < -0.4 is 10.6 Å². The number of amides is 1. The summed E-state index contributed by atoms with van der Waals surface area (Å²) in [6, 6.07) is 1.99. The molecule has 0 aromatic rings. The standard InChI is InChI=1S/C9H15N3OS/c10-2-1-3-12-9(13)7-14-6-8-4-11-5-8/h8,11H,1,3-7H2,(H,12,13). The lowest BCUT2D eigenvalue weighted by Gasteiger charge is -2.26. The van der Waals surface area contributed by atoms with Crippen LogP contribution in [0.1, 0.15) is 6.42 Å². The lowest BCUT2D eigenvalue weighted by Crippen LogP contribution is -2.43. The summed E-state index contributed by atoms with van der Waals surface area (Å²) in [5, 5.41) is 14.1. The van der Waals surface area contributed by atoms with Crippen molar-refractivity contribution in [2.45, 2.75) is 6.42 Å². The highest BCUT2D eigenvalue weighted by Crippen LogP contribution is 2.11. The molecule has 1 rings (SSSR count). The fourth-order valence-electron chi connectivity index (χ4n) is 1.09. The van der Waals surface area contributed by atoms with Gasteiger partial charge in [0.1, 0.15) is 0 Å². The number of rotatable bonds is 6. The number of nitrogens with zero attached hydrogens (tertiary/aromatic N) is 1. The van der Waals surface area contributed by atoms with Crippen molar-refractivity contribution in [1.82, 2.24) is 10.6 Å². The largest absolute Gasteiger partial charge is 0.354 e. The van der Waals surface area contributed by atoms with Gasteiger partial charge >= 0.3 is 0 Å². The van der Waals surface area contributed by atoms with Crippen molar-refractivity contribution < 1.29 is 4.79 Å². The van der Waals surface area contributed by atoms with Crippen molar-refractivity contribution in [1.29, 1.82) is 5.26 Å². The molecule has 0 bridgehead atoms. The van der Waals surface area contributed by atoms with Gasteiger partial charge in [-0.15, -0.1) is 0 Å². The molecule has 0 saturated carbocycles. The number of thioether (sulfide) groups is 1. The molecule has 1 aliphatic rings. The maximum absolute atomic E-state index is 11.1. The Morgan fingerprint density at radius 3 is 3.00 bits per heavy atom. The van der Waals surface area contributed by atoms with Gasteiger partial charge in [-0.3, -0.25) is 4.79 Å². The molecule has 0 aromatic carbocycles. The second-order valence-corrected chi connectivity index (χ2v) is 4.33. The SMILES string of the molecule is N#CCCNC(=O)CSCC1CNC1. The normalized spacial score (nSPS) is 15.6. The first kappa shape index (κ1) is 11.3. The average Bonchev–Trinajstić information content (AvgIpc) is 2.10. The maximum atomic E-state index is 11.1. The zero-order valence-electron chi connectivity index (χ0n) is 8.08. The van der Waals surface area contributed by atoms with Crippen molar-refractivity contribution >= 4 is 17.7 Å². The number of nitrogens with one attached hydrogen (secondary N) is 2. The van der Waals surface area contributed by atoms with E-state index in [2.05, 4.69) is 10.6 Å². The first-order chi connectivity index (χ1) is 6.83. The molecule has 1 aliphatic heterocycles. The van der Waals surface area contributed by atoms with Crippen LogP contribution >= 0.6 is 11.8 Å². The van der Waals surface area contributed by atoms with E-state index in [1.807, 2.05) is 6.07 Å². The van der Waals surface area contributed by atoms with Crippen molar-refractivity contribution in [2.24, 2.45) is 5.92 Å². The van der Waals surface area contributed by atoms with Gasteiger partial charge in [0.15, 0.2) is 0 Å². The van der Waals surface area contributed by atoms with Crippen LogP contribution in [0.3, 0.4) is 0 Å². The Bertz CT molecular complexity index is 223. The van der Waals surface area contributed by atoms with Gasteiger partial charge < -0.3 is 10.6 Å². The van der Waals surface area contributed by atoms with E-state index < -0.39 is 0 Å². The van der Waals surface area contributed by atoms with Gasteiger partial charge in [-0.05, 0) is 24.8 Å². The van der Waals surface area contributed by atoms with Gasteiger partial charge in [0, 0.05) is 6.54 Å². The number of hydrogen-bond donors (Lipinski definition) is 2. The second kappa shape index (κ2) is 6.68. The number of carbonyl (C=O) groups is 1. The Balaban J connectivity index is 1.89. The molecular formula is C9H15N3OS. The van der Waals surface area contributed by atoms with Crippen LogP contribution in [0, 0.1) is 17.2 Å². The summed E-state index contributed by atoms with van der Waals surface area (Å²) in [5.41, 5.74) is 0. The molecule has 0 spiro atoms. The Kier molecular flexibility index (Phi) is 5.42. The average molecular weight is 213 g/mol. The number of nitriles is 1. The van der Waals surface area contributed by atoms with E-state index in [-0.39, 0.29) is 5.91 Å². The van der Waals surface area contributed by atoms with Gasteiger partial charge in [-0.2, -0.15) is 17.0 Å². The molecule has 0 atom stereocenters. The fourth-order valence-corrected chi connectivity index (χ4v) is 2.07. The molecular weight excluding hydrogens is 198 g/mol. The van der Waals surface area contributed by atoms with E-state index in [0.29, 0.717) is 18.7 Å². The third-order valence-electron chi connectivity index (χ3n) is 2.01.